The molecule has 4 heteroatoms. The van der Waals surface area contributed by atoms with Gasteiger partial charge >= 0.3 is 5.97 Å². The Bertz CT molecular complexity index is 605. The van der Waals surface area contributed by atoms with Crippen LogP contribution in [0.2, 0.25) is 0 Å². The molecule has 7 unspecified atom stereocenters. The fourth-order valence-corrected chi connectivity index (χ4v) is 8.71. The highest BCUT2D eigenvalue weighted by molar-refractivity contribution is 5.66. The van der Waals surface area contributed by atoms with Gasteiger partial charge in [0.2, 0.25) is 0 Å². The maximum Gasteiger partial charge on any atom is 0.303 e. The SMILES string of the molecule is CC(CCC(=O)O)C1CCC2C3CC[C@@H]4CC(O)CC[C@]4(C)C3CC(O)[C@]12C. The predicted molar refractivity (Wildman–Crippen MR) is 109 cm³/mol. The van der Waals surface area contributed by atoms with Gasteiger partial charge in [0.15, 0.2) is 0 Å². The minimum absolute atomic E-state index is 0.0591. The smallest absolute Gasteiger partial charge is 0.303 e. The molecule has 3 N–H and O–H groups in total. The Balaban J connectivity index is 1.56. The molecule has 4 fully saturated rings. The molecule has 0 bridgehead atoms. The Morgan fingerprint density at radius 3 is 2.50 bits per heavy atom. The summed E-state index contributed by atoms with van der Waals surface area (Å²) in [5.74, 6) is 2.55. The molecule has 160 valence electrons. The monoisotopic (exact) mass is 392 g/mol. The van der Waals surface area contributed by atoms with Crippen LogP contribution >= 0.6 is 0 Å². The van der Waals surface area contributed by atoms with Crippen LogP contribution in [-0.2, 0) is 4.79 Å². The van der Waals surface area contributed by atoms with E-state index in [0.717, 1.165) is 38.5 Å². The van der Waals surface area contributed by atoms with E-state index in [-0.39, 0.29) is 29.5 Å². The van der Waals surface area contributed by atoms with E-state index in [9.17, 15) is 15.0 Å². The number of aliphatic carboxylic acids is 1. The van der Waals surface area contributed by atoms with Gasteiger partial charge in [-0.25, -0.2) is 0 Å². The number of aliphatic hydroxyl groups is 2. The zero-order chi connectivity index (χ0) is 20.3. The molecule has 4 aliphatic carbocycles. The summed E-state index contributed by atoms with van der Waals surface area (Å²) in [4.78, 5) is 11.1. The fourth-order valence-electron chi connectivity index (χ4n) is 8.71. The zero-order valence-corrected chi connectivity index (χ0v) is 17.9. The van der Waals surface area contributed by atoms with E-state index in [2.05, 4.69) is 20.8 Å². The molecule has 10 atom stereocenters. The van der Waals surface area contributed by atoms with E-state index >= 15 is 0 Å². The summed E-state index contributed by atoms with van der Waals surface area (Å²) in [6.45, 7) is 6.99. The molecular formula is C24H40O4. The summed E-state index contributed by atoms with van der Waals surface area (Å²) in [5, 5.41) is 30.8. The summed E-state index contributed by atoms with van der Waals surface area (Å²) in [7, 11) is 0. The molecule has 0 aromatic rings. The molecule has 0 amide bonds. The van der Waals surface area contributed by atoms with E-state index in [1.807, 2.05) is 0 Å². The van der Waals surface area contributed by atoms with Crippen LogP contribution in [-0.4, -0.2) is 33.5 Å². The summed E-state index contributed by atoms with van der Waals surface area (Å²) < 4.78 is 0. The van der Waals surface area contributed by atoms with Crippen LogP contribution in [0.3, 0.4) is 0 Å². The third kappa shape index (κ3) is 3.05. The third-order valence-electron chi connectivity index (χ3n) is 10.3. The Morgan fingerprint density at radius 1 is 1.04 bits per heavy atom. The predicted octanol–water partition coefficient (Wildman–Crippen LogP) is 4.48. The lowest BCUT2D eigenvalue weighted by Gasteiger charge is -2.62. The molecule has 0 spiro atoms. The Labute approximate surface area is 170 Å². The minimum atomic E-state index is -0.707. The number of aliphatic hydroxyl groups excluding tert-OH is 2. The van der Waals surface area contributed by atoms with Gasteiger partial charge in [0.1, 0.15) is 0 Å². The van der Waals surface area contributed by atoms with Crippen LogP contribution in [0.15, 0.2) is 0 Å². The molecule has 28 heavy (non-hydrogen) atoms. The van der Waals surface area contributed by atoms with E-state index in [1.54, 1.807) is 0 Å². The van der Waals surface area contributed by atoms with Crippen LogP contribution in [0.25, 0.3) is 0 Å². The molecule has 4 saturated carbocycles. The average molecular weight is 393 g/mol. The molecule has 4 nitrogen and oxygen atoms in total. The maximum atomic E-state index is 11.5. The van der Waals surface area contributed by atoms with Gasteiger partial charge in [-0.2, -0.15) is 0 Å². The highest BCUT2D eigenvalue weighted by atomic mass is 16.4. The maximum absolute atomic E-state index is 11.5. The van der Waals surface area contributed by atoms with Gasteiger partial charge in [0.25, 0.3) is 0 Å². The highest BCUT2D eigenvalue weighted by Gasteiger charge is 2.63. The van der Waals surface area contributed by atoms with Crippen molar-refractivity contribution >= 4 is 5.97 Å². The second-order valence-corrected chi connectivity index (χ2v) is 11.3. The minimum Gasteiger partial charge on any atom is -0.481 e. The first kappa shape index (κ1) is 20.7. The zero-order valence-electron chi connectivity index (χ0n) is 17.9. The normalized spacial score (nSPS) is 51.7. The number of carboxylic acid groups (broad SMARTS) is 1. The summed E-state index contributed by atoms with van der Waals surface area (Å²) in [5.41, 5.74) is 0.216. The van der Waals surface area contributed by atoms with Crippen molar-refractivity contribution in [3.05, 3.63) is 0 Å². The number of rotatable bonds is 4. The quantitative estimate of drug-likeness (QED) is 0.659. The van der Waals surface area contributed by atoms with E-state index in [0.29, 0.717) is 35.5 Å². The molecule has 4 rings (SSSR count). The van der Waals surface area contributed by atoms with E-state index < -0.39 is 5.97 Å². The second-order valence-electron chi connectivity index (χ2n) is 11.3. The fraction of sp³-hybridized carbons (Fsp3) is 0.958. The van der Waals surface area contributed by atoms with E-state index in [1.165, 1.54) is 19.3 Å². The molecule has 4 aliphatic rings. The molecule has 0 heterocycles. The first-order chi connectivity index (χ1) is 13.2. The lowest BCUT2D eigenvalue weighted by Crippen LogP contribution is -2.58. The van der Waals surface area contributed by atoms with Crippen LogP contribution < -0.4 is 0 Å². The van der Waals surface area contributed by atoms with Gasteiger partial charge in [-0.15, -0.1) is 0 Å². The van der Waals surface area contributed by atoms with Gasteiger partial charge in [-0.05, 0) is 104 Å². The highest BCUT2D eigenvalue weighted by Crippen LogP contribution is 2.68. The number of hydrogen-bond acceptors (Lipinski definition) is 3. The standard InChI is InChI=1S/C24H40O4/c1-14(4-9-22(27)28)18-7-8-19-17-6-5-15-12-16(25)10-11-23(15,2)20(17)13-21(26)24(18,19)3/h14-21,25-26H,4-13H2,1-3H3,(H,27,28)/t14?,15-,16?,17?,18?,19?,20?,21?,23+,24-/m1/s1. The Kier molecular flexibility index (Phi) is 5.36. The first-order valence-electron chi connectivity index (χ1n) is 11.8. The molecule has 0 aromatic heterocycles. The van der Waals surface area contributed by atoms with Crippen LogP contribution in [0.1, 0.15) is 85.0 Å². The summed E-state index contributed by atoms with van der Waals surface area (Å²) in [6, 6.07) is 0. The van der Waals surface area contributed by atoms with Gasteiger partial charge in [0, 0.05) is 6.42 Å². The van der Waals surface area contributed by atoms with Crippen molar-refractivity contribution in [2.75, 3.05) is 0 Å². The number of hydrogen-bond donors (Lipinski definition) is 3. The van der Waals surface area contributed by atoms with Crippen molar-refractivity contribution in [3.8, 4) is 0 Å². The van der Waals surface area contributed by atoms with Crippen LogP contribution in [0.5, 0.6) is 0 Å². The molecule has 0 saturated heterocycles. The van der Waals surface area contributed by atoms with Gasteiger partial charge in [-0.3, -0.25) is 4.79 Å². The Morgan fingerprint density at radius 2 is 1.79 bits per heavy atom. The number of fused-ring (bicyclic) bond motifs is 5. The first-order valence-corrected chi connectivity index (χ1v) is 11.8. The van der Waals surface area contributed by atoms with E-state index in [4.69, 9.17) is 5.11 Å². The Hall–Kier alpha value is -0.610. The van der Waals surface area contributed by atoms with Crippen molar-refractivity contribution < 1.29 is 20.1 Å². The molecule has 0 radical (unpaired) electrons. The van der Waals surface area contributed by atoms with Crippen molar-refractivity contribution in [3.63, 3.8) is 0 Å². The topological polar surface area (TPSA) is 77.8 Å². The van der Waals surface area contributed by atoms with Crippen LogP contribution in [0.4, 0.5) is 0 Å². The van der Waals surface area contributed by atoms with Gasteiger partial charge in [0.05, 0.1) is 12.2 Å². The summed E-state index contributed by atoms with van der Waals surface area (Å²) in [6.07, 6.45) is 9.26. The van der Waals surface area contributed by atoms with Crippen molar-refractivity contribution in [1.29, 1.82) is 0 Å². The number of carboxylic acids is 1. The lowest BCUT2D eigenvalue weighted by molar-refractivity contribution is -0.175. The lowest BCUT2D eigenvalue weighted by atomic mass is 9.43. The largest absolute Gasteiger partial charge is 0.481 e. The van der Waals surface area contributed by atoms with Gasteiger partial charge in [-0.1, -0.05) is 20.8 Å². The molecule has 0 aliphatic heterocycles. The van der Waals surface area contributed by atoms with Crippen molar-refractivity contribution in [1.82, 2.24) is 0 Å². The molecule has 0 aromatic carbocycles. The third-order valence-corrected chi connectivity index (χ3v) is 10.3. The molecular weight excluding hydrogens is 352 g/mol. The van der Waals surface area contributed by atoms with Crippen molar-refractivity contribution in [2.24, 2.45) is 46.3 Å². The average Bonchev–Trinajstić information content (AvgIpc) is 3.00. The second kappa shape index (κ2) is 7.27. The number of carbonyl (C=O) groups is 1. The van der Waals surface area contributed by atoms with Gasteiger partial charge < -0.3 is 15.3 Å². The van der Waals surface area contributed by atoms with Crippen molar-refractivity contribution in [2.45, 2.75) is 97.2 Å². The van der Waals surface area contributed by atoms with Crippen LogP contribution in [0, 0.1) is 46.3 Å². The summed E-state index contributed by atoms with van der Waals surface area (Å²) >= 11 is 0.